The summed E-state index contributed by atoms with van der Waals surface area (Å²) in [4.78, 5) is 30.7. The average Bonchev–Trinajstić information content (AvgIpc) is 3.42. The van der Waals surface area contributed by atoms with Gasteiger partial charge in [-0.3, -0.25) is 9.69 Å². The number of hydrogen-bond donors (Lipinski definition) is 0. The van der Waals surface area contributed by atoms with Crippen LogP contribution in [-0.4, -0.2) is 91.3 Å². The first-order valence-corrected chi connectivity index (χ1v) is 11.0. The third-order valence-electron chi connectivity index (χ3n) is 7.34. The Balaban J connectivity index is 1.22. The van der Waals surface area contributed by atoms with Crippen molar-refractivity contribution in [2.24, 2.45) is 5.41 Å². The molecule has 1 spiro atoms. The van der Waals surface area contributed by atoms with Crippen molar-refractivity contribution in [1.29, 1.82) is 0 Å². The molecule has 2 saturated heterocycles. The molecule has 0 radical (unpaired) electrons. The fraction of sp³-hybridized carbons (Fsp3) is 0.905. The fourth-order valence-corrected chi connectivity index (χ4v) is 5.60. The van der Waals surface area contributed by atoms with Crippen LogP contribution in [0.2, 0.25) is 0 Å². The van der Waals surface area contributed by atoms with Gasteiger partial charge in [0.05, 0.1) is 20.3 Å². The number of piperidine rings is 1. The Morgan fingerprint density at radius 2 is 1.75 bits per heavy atom. The molecule has 7 heteroatoms. The number of carbonyl (C=O) groups excluding carboxylic acids is 2. The van der Waals surface area contributed by atoms with E-state index in [1.165, 1.54) is 32.8 Å². The van der Waals surface area contributed by atoms with Gasteiger partial charge in [-0.05, 0) is 70.4 Å². The van der Waals surface area contributed by atoms with Crippen molar-refractivity contribution in [3.63, 3.8) is 0 Å². The van der Waals surface area contributed by atoms with Crippen molar-refractivity contribution in [2.45, 2.75) is 70.0 Å². The highest BCUT2D eigenvalue weighted by Crippen LogP contribution is 2.50. The topological polar surface area (TPSA) is 62.3 Å². The van der Waals surface area contributed by atoms with Gasteiger partial charge >= 0.3 is 12.1 Å². The molecule has 2 heterocycles. The van der Waals surface area contributed by atoms with E-state index in [9.17, 15) is 9.59 Å². The zero-order valence-corrected chi connectivity index (χ0v) is 17.4. The van der Waals surface area contributed by atoms with Crippen LogP contribution in [0.5, 0.6) is 0 Å². The van der Waals surface area contributed by atoms with Crippen molar-refractivity contribution < 1.29 is 19.1 Å². The Labute approximate surface area is 168 Å². The summed E-state index contributed by atoms with van der Waals surface area (Å²) in [5, 5.41) is 0. The minimum atomic E-state index is -0.144. The van der Waals surface area contributed by atoms with Gasteiger partial charge in [0.15, 0.2) is 0 Å². The zero-order chi connectivity index (χ0) is 19.7. The summed E-state index contributed by atoms with van der Waals surface area (Å²) in [5.41, 5.74) is 0.333. The number of rotatable bonds is 6. The van der Waals surface area contributed by atoms with Crippen LogP contribution in [0, 0.1) is 5.41 Å². The molecule has 2 aliphatic carbocycles. The summed E-state index contributed by atoms with van der Waals surface area (Å²) in [6, 6.07) is 1.77. The SMILES string of the molecule is CCOC(=O)N1CCC2(CC(N3CCC(N(CC(=O)OC)C4CC4)CC3)C2)C1. The highest BCUT2D eigenvalue weighted by molar-refractivity contribution is 5.71. The Morgan fingerprint density at radius 1 is 1.07 bits per heavy atom. The Kier molecular flexibility index (Phi) is 5.83. The minimum Gasteiger partial charge on any atom is -0.468 e. The van der Waals surface area contributed by atoms with Crippen molar-refractivity contribution >= 4 is 12.1 Å². The quantitative estimate of drug-likeness (QED) is 0.644. The molecule has 7 nitrogen and oxygen atoms in total. The predicted molar refractivity (Wildman–Crippen MR) is 105 cm³/mol. The molecule has 2 aliphatic heterocycles. The molecule has 0 aromatic heterocycles. The van der Waals surface area contributed by atoms with Gasteiger partial charge in [0.2, 0.25) is 0 Å². The molecule has 0 atom stereocenters. The Bertz CT molecular complexity index is 580. The van der Waals surface area contributed by atoms with E-state index in [2.05, 4.69) is 9.80 Å². The number of likely N-dealkylation sites (tertiary alicyclic amines) is 2. The summed E-state index contributed by atoms with van der Waals surface area (Å²) in [7, 11) is 1.48. The van der Waals surface area contributed by atoms with Crippen LogP contribution >= 0.6 is 0 Å². The highest BCUT2D eigenvalue weighted by Gasteiger charge is 2.51. The lowest BCUT2D eigenvalue weighted by molar-refractivity contribution is -0.143. The van der Waals surface area contributed by atoms with E-state index >= 15 is 0 Å². The monoisotopic (exact) mass is 393 g/mol. The van der Waals surface area contributed by atoms with E-state index in [-0.39, 0.29) is 12.1 Å². The summed E-state index contributed by atoms with van der Waals surface area (Å²) in [5.74, 6) is -0.109. The normalized spacial score (nSPS) is 31.2. The van der Waals surface area contributed by atoms with Gasteiger partial charge in [-0.1, -0.05) is 0 Å². The van der Waals surface area contributed by atoms with Gasteiger partial charge in [-0.15, -0.1) is 0 Å². The molecular weight excluding hydrogens is 358 g/mol. The first-order chi connectivity index (χ1) is 13.5. The molecule has 158 valence electrons. The molecule has 0 bridgehead atoms. The second kappa shape index (κ2) is 8.19. The maximum absolute atomic E-state index is 12.0. The maximum atomic E-state index is 12.0. The molecule has 0 aromatic rings. The molecule has 2 saturated carbocycles. The maximum Gasteiger partial charge on any atom is 0.409 e. The smallest absolute Gasteiger partial charge is 0.409 e. The van der Waals surface area contributed by atoms with E-state index in [1.54, 1.807) is 0 Å². The van der Waals surface area contributed by atoms with Crippen LogP contribution in [0.3, 0.4) is 0 Å². The third-order valence-corrected chi connectivity index (χ3v) is 7.34. The molecule has 4 aliphatic rings. The molecular formula is C21H35N3O4. The van der Waals surface area contributed by atoms with Gasteiger partial charge in [-0.2, -0.15) is 0 Å². The highest BCUT2D eigenvalue weighted by atomic mass is 16.6. The number of esters is 1. The number of methoxy groups -OCH3 is 1. The van der Waals surface area contributed by atoms with E-state index in [1.807, 2.05) is 11.8 Å². The van der Waals surface area contributed by atoms with Gasteiger partial charge in [0.1, 0.15) is 0 Å². The number of amides is 1. The largest absolute Gasteiger partial charge is 0.468 e. The molecule has 0 aromatic carbocycles. The minimum absolute atomic E-state index is 0.109. The summed E-state index contributed by atoms with van der Waals surface area (Å²) < 4.78 is 10.1. The molecule has 0 N–H and O–H groups in total. The number of ether oxygens (including phenoxy) is 2. The van der Waals surface area contributed by atoms with Crippen molar-refractivity contribution in [2.75, 3.05) is 46.4 Å². The van der Waals surface area contributed by atoms with E-state index in [4.69, 9.17) is 9.47 Å². The van der Waals surface area contributed by atoms with Gasteiger partial charge in [0, 0.05) is 31.2 Å². The standard InChI is InChI=1S/C21H35N3O4/c1-3-28-20(26)23-11-8-21(15-23)12-18(13-21)22-9-6-17(7-10-22)24(16-4-5-16)14-19(25)27-2/h16-18H,3-15H2,1-2H3. The Hall–Kier alpha value is -1.34. The van der Waals surface area contributed by atoms with Gasteiger partial charge < -0.3 is 19.3 Å². The van der Waals surface area contributed by atoms with E-state index in [0.29, 0.717) is 36.7 Å². The number of hydrogen-bond acceptors (Lipinski definition) is 6. The van der Waals surface area contributed by atoms with Crippen LogP contribution < -0.4 is 0 Å². The van der Waals surface area contributed by atoms with Crippen molar-refractivity contribution in [1.82, 2.24) is 14.7 Å². The van der Waals surface area contributed by atoms with Crippen LogP contribution in [0.15, 0.2) is 0 Å². The molecule has 0 unspecified atom stereocenters. The molecule has 28 heavy (non-hydrogen) atoms. The summed E-state index contributed by atoms with van der Waals surface area (Å²) in [6.45, 7) is 6.72. The van der Waals surface area contributed by atoms with Gasteiger partial charge in [0.25, 0.3) is 0 Å². The number of carbonyl (C=O) groups is 2. The van der Waals surface area contributed by atoms with Crippen molar-refractivity contribution in [3.8, 4) is 0 Å². The van der Waals surface area contributed by atoms with Crippen LogP contribution in [0.1, 0.15) is 51.9 Å². The van der Waals surface area contributed by atoms with E-state index in [0.717, 1.165) is 45.4 Å². The molecule has 4 fully saturated rings. The lowest BCUT2D eigenvalue weighted by atomic mass is 9.64. The first kappa shape index (κ1) is 20.0. The lowest BCUT2D eigenvalue weighted by Gasteiger charge is -2.52. The fourth-order valence-electron chi connectivity index (χ4n) is 5.60. The van der Waals surface area contributed by atoms with Crippen molar-refractivity contribution in [3.05, 3.63) is 0 Å². The summed E-state index contributed by atoms with van der Waals surface area (Å²) in [6.07, 6.45) is 8.13. The van der Waals surface area contributed by atoms with Crippen LogP contribution in [-0.2, 0) is 14.3 Å². The second-order valence-corrected chi connectivity index (χ2v) is 9.18. The summed E-state index contributed by atoms with van der Waals surface area (Å²) >= 11 is 0. The zero-order valence-electron chi connectivity index (χ0n) is 17.4. The van der Waals surface area contributed by atoms with Gasteiger partial charge in [-0.25, -0.2) is 4.79 Å². The predicted octanol–water partition coefficient (Wildman–Crippen LogP) is 2.10. The van der Waals surface area contributed by atoms with Crippen LogP contribution in [0.25, 0.3) is 0 Å². The first-order valence-electron chi connectivity index (χ1n) is 11.0. The molecule has 1 amide bonds. The van der Waals surface area contributed by atoms with Crippen LogP contribution in [0.4, 0.5) is 4.79 Å². The average molecular weight is 394 g/mol. The molecule has 4 rings (SSSR count). The Morgan fingerprint density at radius 3 is 2.36 bits per heavy atom. The van der Waals surface area contributed by atoms with E-state index < -0.39 is 0 Å². The lowest BCUT2D eigenvalue weighted by Crippen LogP contribution is -2.56. The second-order valence-electron chi connectivity index (χ2n) is 9.18. The number of nitrogens with zero attached hydrogens (tertiary/aromatic N) is 3. The third kappa shape index (κ3) is 4.15.